The summed E-state index contributed by atoms with van der Waals surface area (Å²) in [6, 6.07) is 9.14. The highest BCUT2D eigenvalue weighted by molar-refractivity contribution is 5.97. The summed E-state index contributed by atoms with van der Waals surface area (Å²) >= 11 is 0. The predicted molar refractivity (Wildman–Crippen MR) is 96.5 cm³/mol. The average molecular weight is 397 g/mol. The Morgan fingerprint density at radius 1 is 1.04 bits per heavy atom. The van der Waals surface area contributed by atoms with Crippen molar-refractivity contribution in [1.82, 2.24) is 5.32 Å². The van der Waals surface area contributed by atoms with E-state index >= 15 is 0 Å². The molecule has 0 fully saturated rings. The Balaban J connectivity index is 1.84. The van der Waals surface area contributed by atoms with Gasteiger partial charge in [-0.2, -0.15) is 0 Å². The molecule has 3 N–H and O–H groups in total. The Morgan fingerprint density at radius 2 is 1.71 bits per heavy atom. The van der Waals surface area contributed by atoms with Gasteiger partial charge in [-0.1, -0.05) is 6.07 Å². The molecule has 0 spiro atoms. The van der Waals surface area contributed by atoms with E-state index < -0.39 is 24.1 Å². The van der Waals surface area contributed by atoms with Crippen LogP contribution in [0.2, 0.25) is 0 Å². The van der Waals surface area contributed by atoms with Crippen LogP contribution >= 0.6 is 0 Å². The third-order valence-electron chi connectivity index (χ3n) is 3.38. The average Bonchev–Trinajstić information content (AvgIpc) is 2.61. The van der Waals surface area contributed by atoms with E-state index in [9.17, 15) is 22.8 Å². The van der Waals surface area contributed by atoms with Gasteiger partial charge in [-0.15, -0.1) is 13.2 Å². The summed E-state index contributed by atoms with van der Waals surface area (Å²) in [5.41, 5.74) is 1.61. The molecule has 3 amide bonds. The Hall–Kier alpha value is -3.43. The van der Waals surface area contributed by atoms with Gasteiger partial charge in [0.15, 0.2) is 0 Å². The van der Waals surface area contributed by atoms with Crippen LogP contribution in [0.25, 0.3) is 0 Å². The van der Waals surface area contributed by atoms with E-state index in [-0.39, 0.29) is 12.2 Å². The summed E-state index contributed by atoms with van der Waals surface area (Å²) in [6.45, 7) is 1.53. The summed E-state index contributed by atoms with van der Waals surface area (Å²) in [6.07, 6.45) is -4.79. The van der Waals surface area contributed by atoms with Gasteiger partial charge in [0, 0.05) is 5.69 Å². The van der Waals surface area contributed by atoms with Crippen molar-refractivity contribution in [2.24, 2.45) is 0 Å². The zero-order chi connectivity index (χ0) is 20.7. The smallest absolute Gasteiger partial charge is 0.495 e. The standard InChI is InChI=1S/C18H18F3N3O4/c1-11-3-8-15(27-2)14(9-11)24-16(25)10-22-17(26)23-12-4-6-13(7-5-12)28-18(19,20)21/h3-9H,10H2,1-2H3,(H,24,25)(H2,22,23,26). The van der Waals surface area contributed by atoms with E-state index in [1.54, 1.807) is 12.1 Å². The highest BCUT2D eigenvalue weighted by Crippen LogP contribution is 2.25. The first kappa shape index (κ1) is 20.9. The van der Waals surface area contributed by atoms with Gasteiger partial charge in [-0.05, 0) is 48.9 Å². The first-order chi connectivity index (χ1) is 13.2. The predicted octanol–water partition coefficient (Wildman–Crippen LogP) is 3.66. The SMILES string of the molecule is COc1ccc(C)cc1NC(=O)CNC(=O)Nc1ccc(OC(F)(F)F)cc1. The molecule has 2 rings (SSSR count). The fourth-order valence-electron chi connectivity index (χ4n) is 2.19. The maximum absolute atomic E-state index is 12.1. The molecule has 0 aliphatic carbocycles. The number of urea groups is 1. The molecule has 2 aromatic carbocycles. The number of aryl methyl sites for hydroxylation is 1. The van der Waals surface area contributed by atoms with Gasteiger partial charge < -0.3 is 25.4 Å². The molecule has 0 bridgehead atoms. The molecule has 0 aromatic heterocycles. The van der Waals surface area contributed by atoms with Gasteiger partial charge in [-0.3, -0.25) is 4.79 Å². The zero-order valence-electron chi connectivity index (χ0n) is 15.0. The van der Waals surface area contributed by atoms with E-state index in [0.29, 0.717) is 11.4 Å². The molecule has 0 saturated heterocycles. The minimum Gasteiger partial charge on any atom is -0.495 e. The number of alkyl halides is 3. The van der Waals surface area contributed by atoms with Crippen LogP contribution in [0.1, 0.15) is 5.56 Å². The van der Waals surface area contributed by atoms with Crippen molar-refractivity contribution in [1.29, 1.82) is 0 Å². The van der Waals surface area contributed by atoms with Gasteiger partial charge >= 0.3 is 12.4 Å². The second-order valence-electron chi connectivity index (χ2n) is 5.63. The van der Waals surface area contributed by atoms with Crippen molar-refractivity contribution in [3.05, 3.63) is 48.0 Å². The van der Waals surface area contributed by atoms with Crippen LogP contribution in [0.3, 0.4) is 0 Å². The Morgan fingerprint density at radius 3 is 2.32 bits per heavy atom. The Kier molecular flexibility index (Phi) is 6.69. The van der Waals surface area contributed by atoms with Crippen LogP contribution in [0.4, 0.5) is 29.3 Å². The lowest BCUT2D eigenvalue weighted by Gasteiger charge is -2.12. The van der Waals surface area contributed by atoms with Crippen molar-refractivity contribution in [2.45, 2.75) is 13.3 Å². The molecule has 10 heteroatoms. The summed E-state index contributed by atoms with van der Waals surface area (Å²) in [5, 5.41) is 7.35. The number of carbonyl (C=O) groups excluding carboxylic acids is 2. The van der Waals surface area contributed by atoms with Crippen LogP contribution in [0.5, 0.6) is 11.5 Å². The second kappa shape index (κ2) is 8.98. The van der Waals surface area contributed by atoms with Crippen LogP contribution in [0, 0.1) is 6.92 Å². The van der Waals surface area contributed by atoms with E-state index in [1.165, 1.54) is 19.2 Å². The van der Waals surface area contributed by atoms with E-state index in [1.807, 2.05) is 13.0 Å². The molecule has 0 radical (unpaired) electrons. The molecule has 7 nitrogen and oxygen atoms in total. The van der Waals surface area contributed by atoms with Crippen molar-refractivity contribution in [3.63, 3.8) is 0 Å². The maximum atomic E-state index is 12.1. The van der Waals surface area contributed by atoms with Crippen LogP contribution < -0.4 is 25.4 Å². The van der Waals surface area contributed by atoms with Gasteiger partial charge in [0.05, 0.1) is 19.3 Å². The largest absolute Gasteiger partial charge is 0.573 e. The van der Waals surface area contributed by atoms with Crippen LogP contribution in [-0.4, -0.2) is 32.0 Å². The number of anilines is 2. The molecule has 0 aliphatic heterocycles. The number of hydrogen-bond donors (Lipinski definition) is 3. The number of nitrogens with one attached hydrogen (secondary N) is 3. The van der Waals surface area contributed by atoms with Crippen molar-refractivity contribution < 1.29 is 32.2 Å². The first-order valence-corrected chi connectivity index (χ1v) is 8.01. The lowest BCUT2D eigenvalue weighted by molar-refractivity contribution is -0.274. The van der Waals surface area contributed by atoms with Crippen LogP contribution in [-0.2, 0) is 4.79 Å². The number of rotatable bonds is 6. The third-order valence-corrected chi connectivity index (χ3v) is 3.38. The lowest BCUT2D eigenvalue weighted by atomic mass is 10.2. The molecule has 0 aliphatic rings. The molecule has 0 unspecified atom stereocenters. The Bertz CT molecular complexity index is 839. The highest BCUT2D eigenvalue weighted by atomic mass is 19.4. The van der Waals surface area contributed by atoms with Crippen molar-refractivity contribution in [2.75, 3.05) is 24.3 Å². The van der Waals surface area contributed by atoms with Gasteiger partial charge in [-0.25, -0.2) is 4.79 Å². The minimum absolute atomic E-state index is 0.229. The quantitative estimate of drug-likeness (QED) is 0.694. The number of hydrogen-bond acceptors (Lipinski definition) is 4. The van der Waals surface area contributed by atoms with E-state index in [2.05, 4.69) is 20.7 Å². The summed E-state index contributed by atoms with van der Waals surface area (Å²) in [7, 11) is 1.47. The normalized spacial score (nSPS) is 10.8. The number of benzene rings is 2. The molecular weight excluding hydrogens is 379 g/mol. The summed E-state index contributed by atoms with van der Waals surface area (Å²) in [4.78, 5) is 23.8. The van der Waals surface area contributed by atoms with Crippen molar-refractivity contribution in [3.8, 4) is 11.5 Å². The molecule has 0 saturated carbocycles. The number of carbonyl (C=O) groups is 2. The fourth-order valence-corrected chi connectivity index (χ4v) is 2.19. The first-order valence-electron chi connectivity index (χ1n) is 8.01. The summed E-state index contributed by atoms with van der Waals surface area (Å²) < 4.78 is 45.2. The maximum Gasteiger partial charge on any atom is 0.573 e. The lowest BCUT2D eigenvalue weighted by Crippen LogP contribution is -2.35. The fraction of sp³-hybridized carbons (Fsp3) is 0.222. The van der Waals surface area contributed by atoms with Gasteiger partial charge in [0.2, 0.25) is 5.91 Å². The van der Waals surface area contributed by atoms with Crippen molar-refractivity contribution >= 4 is 23.3 Å². The van der Waals surface area contributed by atoms with E-state index in [4.69, 9.17) is 4.74 Å². The number of methoxy groups -OCH3 is 1. The monoisotopic (exact) mass is 397 g/mol. The topological polar surface area (TPSA) is 88.7 Å². The number of halogens is 3. The van der Waals surface area contributed by atoms with Crippen LogP contribution in [0.15, 0.2) is 42.5 Å². The molecule has 2 aromatic rings. The number of ether oxygens (including phenoxy) is 2. The van der Waals surface area contributed by atoms with E-state index in [0.717, 1.165) is 17.7 Å². The third kappa shape index (κ3) is 6.71. The molecular formula is C18H18F3N3O4. The molecule has 0 heterocycles. The molecule has 0 atom stereocenters. The Labute approximate surface area is 158 Å². The molecule has 150 valence electrons. The number of amides is 3. The highest BCUT2D eigenvalue weighted by Gasteiger charge is 2.30. The zero-order valence-corrected chi connectivity index (χ0v) is 15.0. The molecule has 28 heavy (non-hydrogen) atoms. The minimum atomic E-state index is -4.79. The second-order valence-corrected chi connectivity index (χ2v) is 5.63. The summed E-state index contributed by atoms with van der Waals surface area (Å²) in [5.74, 6) is -0.414. The van der Waals surface area contributed by atoms with Gasteiger partial charge in [0.25, 0.3) is 0 Å². The van der Waals surface area contributed by atoms with Gasteiger partial charge in [0.1, 0.15) is 11.5 Å².